The average molecular weight is 387 g/mol. The number of amides is 2. The molecule has 0 aliphatic rings. The number of rotatable bonds is 5. The molecule has 8 heteroatoms. The quantitative estimate of drug-likeness (QED) is 0.658. The summed E-state index contributed by atoms with van der Waals surface area (Å²) in [5.74, 6) is 0.377. The van der Waals surface area contributed by atoms with E-state index in [0.29, 0.717) is 29.5 Å². The van der Waals surface area contributed by atoms with Crippen LogP contribution in [0.1, 0.15) is 33.6 Å². The molecule has 2 heterocycles. The molecule has 7 nitrogen and oxygen atoms in total. The fourth-order valence-electron chi connectivity index (χ4n) is 2.68. The van der Waals surface area contributed by atoms with Crippen LogP contribution in [-0.4, -0.2) is 35.7 Å². The van der Waals surface area contributed by atoms with Crippen molar-refractivity contribution in [1.29, 1.82) is 0 Å². The molecule has 0 radical (unpaired) electrons. The van der Waals surface area contributed by atoms with Crippen molar-refractivity contribution >= 4 is 39.1 Å². The number of carbonyl (C=O) groups excluding carboxylic acids is 2. The van der Waals surface area contributed by atoms with Crippen molar-refractivity contribution in [2.75, 3.05) is 19.0 Å². The highest BCUT2D eigenvalue weighted by molar-refractivity contribution is 7.20. The number of aromatic nitrogens is 1. The Kier molecular flexibility index (Phi) is 5.46. The number of urea groups is 1. The molecule has 142 valence electrons. The highest BCUT2D eigenvalue weighted by atomic mass is 32.1. The fourth-order valence-corrected chi connectivity index (χ4v) is 3.62. The molecule has 2 aromatic heterocycles. The van der Waals surface area contributed by atoms with E-state index in [-0.39, 0.29) is 12.0 Å². The van der Waals surface area contributed by atoms with Crippen molar-refractivity contribution in [2.45, 2.75) is 27.3 Å². The monoisotopic (exact) mass is 387 g/mol. The lowest BCUT2D eigenvalue weighted by molar-refractivity contribution is 0.0532. The van der Waals surface area contributed by atoms with Crippen LogP contribution >= 0.6 is 11.3 Å². The highest BCUT2D eigenvalue weighted by Crippen LogP contribution is 2.29. The summed E-state index contributed by atoms with van der Waals surface area (Å²) in [5.41, 5.74) is 2.34. The molecule has 0 saturated carbocycles. The number of carbonyl (C=O) groups is 2. The molecule has 0 fully saturated rings. The van der Waals surface area contributed by atoms with Crippen molar-refractivity contribution in [1.82, 2.24) is 10.1 Å². The second-order valence-electron chi connectivity index (χ2n) is 6.17. The van der Waals surface area contributed by atoms with Crippen LogP contribution in [-0.2, 0) is 11.3 Å². The minimum absolute atomic E-state index is 0.241. The van der Waals surface area contributed by atoms with Gasteiger partial charge in [-0.25, -0.2) is 9.59 Å². The smallest absolute Gasteiger partial charge is 0.348 e. The molecule has 0 aliphatic heterocycles. The molecule has 1 N–H and O–H groups in total. The van der Waals surface area contributed by atoms with E-state index in [1.807, 2.05) is 32.0 Å². The van der Waals surface area contributed by atoms with Gasteiger partial charge in [0.1, 0.15) is 10.6 Å². The molecule has 3 rings (SSSR count). The van der Waals surface area contributed by atoms with E-state index < -0.39 is 0 Å². The Morgan fingerprint density at radius 2 is 2.07 bits per heavy atom. The van der Waals surface area contributed by atoms with Crippen molar-refractivity contribution < 1.29 is 18.8 Å². The number of nitrogens with zero attached hydrogens (tertiary/aromatic N) is 2. The van der Waals surface area contributed by atoms with Crippen LogP contribution in [0.5, 0.6) is 0 Å². The van der Waals surface area contributed by atoms with E-state index in [2.05, 4.69) is 10.5 Å². The minimum atomic E-state index is -0.330. The lowest BCUT2D eigenvalue weighted by Gasteiger charge is -2.18. The summed E-state index contributed by atoms with van der Waals surface area (Å²) >= 11 is 1.37. The average Bonchev–Trinajstić information content (AvgIpc) is 3.19. The van der Waals surface area contributed by atoms with Gasteiger partial charge in [0.2, 0.25) is 0 Å². The van der Waals surface area contributed by atoms with Crippen LogP contribution in [0.4, 0.5) is 10.5 Å². The zero-order valence-electron chi connectivity index (χ0n) is 15.7. The van der Waals surface area contributed by atoms with Gasteiger partial charge >= 0.3 is 12.0 Å². The third kappa shape index (κ3) is 4.11. The molecular formula is C19H21N3O4S. The molecule has 0 bridgehead atoms. The normalized spacial score (nSPS) is 10.8. The molecule has 27 heavy (non-hydrogen) atoms. The summed E-state index contributed by atoms with van der Waals surface area (Å²) in [5, 5.41) is 7.66. The summed E-state index contributed by atoms with van der Waals surface area (Å²) in [7, 11) is 1.71. The predicted molar refractivity (Wildman–Crippen MR) is 104 cm³/mol. The first-order valence-corrected chi connectivity index (χ1v) is 9.35. The molecule has 2 amide bonds. The third-order valence-corrected chi connectivity index (χ3v) is 5.26. The van der Waals surface area contributed by atoms with Gasteiger partial charge in [-0.2, -0.15) is 0 Å². The summed E-state index contributed by atoms with van der Waals surface area (Å²) in [6, 6.07) is 7.08. The van der Waals surface area contributed by atoms with Crippen molar-refractivity contribution in [3.8, 4) is 0 Å². The van der Waals surface area contributed by atoms with E-state index in [4.69, 9.17) is 9.26 Å². The maximum atomic E-state index is 12.5. The van der Waals surface area contributed by atoms with Gasteiger partial charge in [-0.05, 0) is 50.4 Å². The van der Waals surface area contributed by atoms with Crippen molar-refractivity contribution in [3.05, 3.63) is 46.2 Å². The van der Waals surface area contributed by atoms with E-state index >= 15 is 0 Å². The summed E-state index contributed by atoms with van der Waals surface area (Å²) in [6.07, 6.45) is 0. The van der Waals surface area contributed by atoms with Gasteiger partial charge in [-0.1, -0.05) is 5.16 Å². The minimum Gasteiger partial charge on any atom is -0.462 e. The zero-order valence-corrected chi connectivity index (χ0v) is 16.5. The number of aryl methyl sites for hydroxylation is 2. The lowest BCUT2D eigenvalue weighted by Crippen LogP contribution is -2.31. The second kappa shape index (κ2) is 7.79. The number of thiophene rings is 1. The largest absolute Gasteiger partial charge is 0.462 e. The number of benzene rings is 1. The van der Waals surface area contributed by atoms with Crippen molar-refractivity contribution in [3.63, 3.8) is 0 Å². The van der Waals surface area contributed by atoms with Crippen LogP contribution in [0.25, 0.3) is 10.1 Å². The van der Waals surface area contributed by atoms with Crippen LogP contribution in [0.2, 0.25) is 0 Å². The molecule has 0 aliphatic carbocycles. The number of ether oxygens (including phenoxy) is 1. The highest BCUT2D eigenvalue weighted by Gasteiger charge is 2.16. The van der Waals surface area contributed by atoms with Gasteiger partial charge in [0, 0.05) is 23.0 Å². The Bertz CT molecular complexity index is 973. The number of hydrogen-bond donors (Lipinski definition) is 1. The van der Waals surface area contributed by atoms with E-state index in [0.717, 1.165) is 21.3 Å². The van der Waals surface area contributed by atoms with Crippen LogP contribution in [0, 0.1) is 13.8 Å². The number of nitrogens with one attached hydrogen (secondary N) is 1. The van der Waals surface area contributed by atoms with Crippen LogP contribution in [0.3, 0.4) is 0 Å². The van der Waals surface area contributed by atoms with Crippen LogP contribution in [0.15, 0.2) is 28.8 Å². The van der Waals surface area contributed by atoms with Gasteiger partial charge in [0.05, 0.1) is 18.8 Å². The third-order valence-electron chi connectivity index (χ3n) is 4.17. The maximum absolute atomic E-state index is 12.5. The van der Waals surface area contributed by atoms with Crippen molar-refractivity contribution in [2.24, 2.45) is 0 Å². The van der Waals surface area contributed by atoms with Gasteiger partial charge < -0.3 is 19.5 Å². The van der Waals surface area contributed by atoms with Gasteiger partial charge in [0.15, 0.2) is 0 Å². The van der Waals surface area contributed by atoms with Crippen LogP contribution < -0.4 is 5.32 Å². The Balaban J connectivity index is 1.71. The Hall–Kier alpha value is -2.87. The zero-order chi connectivity index (χ0) is 19.6. The van der Waals surface area contributed by atoms with Gasteiger partial charge in [-0.15, -0.1) is 11.3 Å². The van der Waals surface area contributed by atoms with E-state index in [9.17, 15) is 9.59 Å². The van der Waals surface area contributed by atoms with Gasteiger partial charge in [0.25, 0.3) is 0 Å². The summed E-state index contributed by atoms with van der Waals surface area (Å²) < 4.78 is 11.1. The number of esters is 1. The van der Waals surface area contributed by atoms with E-state index in [1.54, 1.807) is 24.9 Å². The first-order valence-electron chi connectivity index (χ1n) is 8.53. The first kappa shape index (κ1) is 18.9. The molecule has 0 spiro atoms. The standard InChI is InChI=1S/C19H21N3O4S/c1-5-25-18(23)17-9-13-8-14(6-7-16(13)27-17)20-19(24)22(4)10-15-11(2)21-26-12(15)3/h6-9H,5,10H2,1-4H3,(H,20,24). The number of anilines is 1. The first-order chi connectivity index (χ1) is 12.9. The van der Waals surface area contributed by atoms with E-state index in [1.165, 1.54) is 11.3 Å². The predicted octanol–water partition coefficient (Wildman–Crippen LogP) is 4.35. The Morgan fingerprint density at radius 3 is 2.74 bits per heavy atom. The number of fused-ring (bicyclic) bond motifs is 1. The topological polar surface area (TPSA) is 84.7 Å². The summed E-state index contributed by atoms with van der Waals surface area (Å²) in [6.45, 7) is 6.19. The lowest BCUT2D eigenvalue weighted by atomic mass is 10.2. The number of hydrogen-bond acceptors (Lipinski definition) is 6. The molecule has 1 aromatic carbocycles. The fraction of sp³-hybridized carbons (Fsp3) is 0.316. The Labute approximate surface area is 160 Å². The Morgan fingerprint density at radius 1 is 1.30 bits per heavy atom. The molecule has 0 unspecified atom stereocenters. The molecular weight excluding hydrogens is 366 g/mol. The second-order valence-corrected chi connectivity index (χ2v) is 7.26. The summed E-state index contributed by atoms with van der Waals surface area (Å²) in [4.78, 5) is 26.5. The SMILES string of the molecule is CCOC(=O)c1cc2cc(NC(=O)N(C)Cc3c(C)noc3C)ccc2s1. The molecule has 0 atom stereocenters. The molecule has 3 aromatic rings. The maximum Gasteiger partial charge on any atom is 0.348 e. The molecule has 0 saturated heterocycles. The van der Waals surface area contributed by atoms with Gasteiger partial charge in [-0.3, -0.25) is 0 Å².